The number of aromatic nitrogens is 1. The Morgan fingerprint density at radius 2 is 1.63 bits per heavy atom. The van der Waals surface area contributed by atoms with Gasteiger partial charge in [-0.25, -0.2) is 4.98 Å². The molecule has 0 aliphatic rings. The SMILES string of the molecule is CCC(CC)(COCCC(=O)Nc1ccccc1C(=O)Nc1nc(C)c(C)s1)C(=O)OCc1ccccc1. The molecular weight excluding hydrogens is 502 g/mol. The summed E-state index contributed by atoms with van der Waals surface area (Å²) in [5, 5.41) is 6.10. The van der Waals surface area contributed by atoms with Crippen LogP contribution in [-0.2, 0) is 25.7 Å². The van der Waals surface area contributed by atoms with Crippen molar-refractivity contribution in [2.75, 3.05) is 23.8 Å². The van der Waals surface area contributed by atoms with Crippen LogP contribution in [0.5, 0.6) is 0 Å². The second-order valence-corrected chi connectivity index (χ2v) is 10.3. The van der Waals surface area contributed by atoms with E-state index in [-0.39, 0.29) is 44.0 Å². The van der Waals surface area contributed by atoms with Gasteiger partial charge in [0.05, 0.1) is 42.0 Å². The molecule has 1 heterocycles. The third-order valence-corrected chi connectivity index (χ3v) is 7.53. The minimum atomic E-state index is -0.775. The van der Waals surface area contributed by atoms with Crippen molar-refractivity contribution in [3.63, 3.8) is 0 Å². The van der Waals surface area contributed by atoms with Crippen LogP contribution < -0.4 is 10.6 Å². The van der Waals surface area contributed by atoms with Crippen LogP contribution in [0, 0.1) is 19.3 Å². The number of nitrogens with one attached hydrogen (secondary N) is 2. The first-order valence-electron chi connectivity index (χ1n) is 12.7. The number of hydrogen-bond donors (Lipinski definition) is 2. The zero-order chi connectivity index (χ0) is 27.5. The molecule has 0 saturated carbocycles. The van der Waals surface area contributed by atoms with E-state index in [4.69, 9.17) is 9.47 Å². The van der Waals surface area contributed by atoms with Gasteiger partial charge in [0.2, 0.25) is 5.91 Å². The Bertz CT molecular complexity index is 1220. The molecule has 0 saturated heterocycles. The van der Waals surface area contributed by atoms with Crippen molar-refractivity contribution in [2.45, 2.75) is 53.6 Å². The lowest BCUT2D eigenvalue weighted by atomic mass is 9.83. The largest absolute Gasteiger partial charge is 0.460 e. The highest BCUT2D eigenvalue weighted by molar-refractivity contribution is 7.15. The molecule has 8 nitrogen and oxygen atoms in total. The molecule has 0 atom stereocenters. The molecule has 38 heavy (non-hydrogen) atoms. The first-order valence-corrected chi connectivity index (χ1v) is 13.5. The van der Waals surface area contributed by atoms with E-state index >= 15 is 0 Å². The van der Waals surface area contributed by atoms with E-state index in [9.17, 15) is 14.4 Å². The third kappa shape index (κ3) is 7.72. The van der Waals surface area contributed by atoms with E-state index in [2.05, 4.69) is 15.6 Å². The van der Waals surface area contributed by atoms with Crippen LogP contribution >= 0.6 is 11.3 Å². The highest BCUT2D eigenvalue weighted by Gasteiger charge is 2.37. The average molecular weight is 538 g/mol. The molecule has 0 aliphatic heterocycles. The molecule has 3 aromatic rings. The Hall–Kier alpha value is -3.56. The van der Waals surface area contributed by atoms with Crippen molar-refractivity contribution in [1.29, 1.82) is 0 Å². The van der Waals surface area contributed by atoms with Gasteiger partial charge in [0.1, 0.15) is 6.61 Å². The highest BCUT2D eigenvalue weighted by atomic mass is 32.1. The summed E-state index contributed by atoms with van der Waals surface area (Å²) in [6, 6.07) is 16.3. The molecule has 2 N–H and O–H groups in total. The zero-order valence-electron chi connectivity index (χ0n) is 22.3. The van der Waals surface area contributed by atoms with Crippen molar-refractivity contribution < 1.29 is 23.9 Å². The number of nitrogens with zero attached hydrogens (tertiary/aromatic N) is 1. The number of benzene rings is 2. The Balaban J connectivity index is 1.51. The molecule has 0 radical (unpaired) electrons. The summed E-state index contributed by atoms with van der Waals surface area (Å²) in [5.74, 6) is -0.951. The van der Waals surface area contributed by atoms with Crippen molar-refractivity contribution in [2.24, 2.45) is 5.41 Å². The Labute approximate surface area is 227 Å². The number of thiazole rings is 1. The summed E-state index contributed by atoms with van der Waals surface area (Å²) in [6.45, 7) is 8.18. The number of hydrogen-bond acceptors (Lipinski definition) is 7. The van der Waals surface area contributed by atoms with Crippen molar-refractivity contribution in [3.8, 4) is 0 Å². The van der Waals surface area contributed by atoms with Gasteiger partial charge in [0.15, 0.2) is 5.13 Å². The average Bonchev–Trinajstić information content (AvgIpc) is 3.24. The molecule has 2 amide bonds. The molecular formula is C29H35N3O5S. The van der Waals surface area contributed by atoms with Crippen LogP contribution in [-0.4, -0.2) is 36.0 Å². The normalized spacial score (nSPS) is 11.2. The first kappa shape index (κ1) is 29.0. The van der Waals surface area contributed by atoms with E-state index in [1.54, 1.807) is 24.3 Å². The predicted molar refractivity (Wildman–Crippen MR) is 149 cm³/mol. The molecule has 9 heteroatoms. The standard InChI is InChI=1S/C29H35N3O5S/c1-5-29(6-2,27(35)37-18-22-12-8-7-9-13-22)19-36-17-16-25(33)31-24-15-11-10-14-23(24)26(34)32-28-30-20(3)21(4)38-28/h7-15H,5-6,16-19H2,1-4H3,(H,31,33)(H,30,32,34). The molecule has 0 fully saturated rings. The fraction of sp³-hybridized carbons (Fsp3) is 0.379. The summed E-state index contributed by atoms with van der Waals surface area (Å²) in [7, 11) is 0. The summed E-state index contributed by atoms with van der Waals surface area (Å²) in [4.78, 5) is 43.7. The molecule has 0 spiro atoms. The van der Waals surface area contributed by atoms with Gasteiger partial charge in [0.25, 0.3) is 5.91 Å². The van der Waals surface area contributed by atoms with Gasteiger partial charge < -0.3 is 14.8 Å². The maximum absolute atomic E-state index is 12.9. The fourth-order valence-corrected chi connectivity index (χ4v) is 4.61. The van der Waals surface area contributed by atoms with Crippen LogP contribution in [0.4, 0.5) is 10.8 Å². The molecule has 202 valence electrons. The Kier molecular flexibility index (Phi) is 10.6. The van der Waals surface area contributed by atoms with Crippen molar-refractivity contribution in [3.05, 3.63) is 76.3 Å². The maximum Gasteiger partial charge on any atom is 0.314 e. The van der Waals surface area contributed by atoms with Crippen molar-refractivity contribution >= 4 is 39.9 Å². The molecule has 0 unspecified atom stereocenters. The molecule has 0 bridgehead atoms. The number of carbonyl (C=O) groups is 3. The van der Waals surface area contributed by atoms with Crippen LogP contribution in [0.15, 0.2) is 54.6 Å². The second kappa shape index (κ2) is 13.8. The lowest BCUT2D eigenvalue weighted by molar-refractivity contribution is -0.162. The summed E-state index contributed by atoms with van der Waals surface area (Å²) in [5.41, 5.74) is 1.75. The number of esters is 1. The smallest absolute Gasteiger partial charge is 0.314 e. The van der Waals surface area contributed by atoms with E-state index < -0.39 is 5.41 Å². The number of para-hydroxylation sites is 1. The monoisotopic (exact) mass is 537 g/mol. The van der Waals surface area contributed by atoms with Gasteiger partial charge in [-0.15, -0.1) is 11.3 Å². The van der Waals surface area contributed by atoms with Crippen LogP contribution in [0.3, 0.4) is 0 Å². The number of ether oxygens (including phenoxy) is 2. The summed E-state index contributed by atoms with van der Waals surface area (Å²) in [6.07, 6.45) is 1.19. The molecule has 2 aromatic carbocycles. The van der Waals surface area contributed by atoms with E-state index in [1.807, 2.05) is 58.0 Å². The predicted octanol–water partition coefficient (Wildman–Crippen LogP) is 5.91. The van der Waals surface area contributed by atoms with Crippen LogP contribution in [0.1, 0.15) is 59.6 Å². The minimum absolute atomic E-state index is 0.0728. The Morgan fingerprint density at radius 3 is 2.29 bits per heavy atom. The van der Waals surface area contributed by atoms with E-state index in [0.29, 0.717) is 29.2 Å². The topological polar surface area (TPSA) is 107 Å². The number of carbonyl (C=O) groups excluding carboxylic acids is 3. The second-order valence-electron chi connectivity index (χ2n) is 9.06. The number of aryl methyl sites for hydroxylation is 2. The quantitative estimate of drug-likeness (QED) is 0.207. The van der Waals surface area contributed by atoms with Crippen molar-refractivity contribution in [1.82, 2.24) is 4.98 Å². The van der Waals surface area contributed by atoms with Gasteiger partial charge in [-0.1, -0.05) is 56.3 Å². The zero-order valence-corrected chi connectivity index (χ0v) is 23.2. The summed E-state index contributed by atoms with van der Waals surface area (Å²) < 4.78 is 11.4. The van der Waals surface area contributed by atoms with E-state index in [0.717, 1.165) is 16.1 Å². The fourth-order valence-electron chi connectivity index (χ4n) is 3.80. The van der Waals surface area contributed by atoms with Crippen LogP contribution in [0.25, 0.3) is 0 Å². The Morgan fingerprint density at radius 1 is 0.947 bits per heavy atom. The summed E-state index contributed by atoms with van der Waals surface area (Å²) >= 11 is 1.40. The lowest BCUT2D eigenvalue weighted by Crippen LogP contribution is -2.36. The van der Waals surface area contributed by atoms with Gasteiger partial charge in [-0.2, -0.15) is 0 Å². The van der Waals surface area contributed by atoms with Gasteiger partial charge in [0, 0.05) is 4.88 Å². The first-order chi connectivity index (χ1) is 18.3. The minimum Gasteiger partial charge on any atom is -0.460 e. The van der Waals surface area contributed by atoms with Gasteiger partial charge in [-0.3, -0.25) is 19.7 Å². The number of rotatable bonds is 13. The number of amides is 2. The van der Waals surface area contributed by atoms with E-state index in [1.165, 1.54) is 11.3 Å². The molecule has 1 aromatic heterocycles. The number of anilines is 2. The van der Waals surface area contributed by atoms with Gasteiger partial charge in [-0.05, 0) is 44.4 Å². The molecule has 3 rings (SSSR count). The molecule has 0 aliphatic carbocycles. The van der Waals surface area contributed by atoms with Crippen LogP contribution in [0.2, 0.25) is 0 Å². The third-order valence-electron chi connectivity index (χ3n) is 6.55. The van der Waals surface area contributed by atoms with Gasteiger partial charge >= 0.3 is 5.97 Å². The lowest BCUT2D eigenvalue weighted by Gasteiger charge is -2.29. The highest BCUT2D eigenvalue weighted by Crippen LogP contribution is 2.29. The maximum atomic E-state index is 12.9.